The lowest BCUT2D eigenvalue weighted by Crippen LogP contribution is -2.58. The summed E-state index contributed by atoms with van der Waals surface area (Å²) in [6.07, 6.45) is 0.477. The number of nitrogens with one attached hydrogen (secondary N) is 1. The second kappa shape index (κ2) is 7.77. The summed E-state index contributed by atoms with van der Waals surface area (Å²) in [4.78, 5) is 24.7. The molecule has 0 spiro atoms. The van der Waals surface area contributed by atoms with Gasteiger partial charge in [0, 0.05) is 24.9 Å². The van der Waals surface area contributed by atoms with Gasteiger partial charge in [-0.3, -0.25) is 9.59 Å². The first-order chi connectivity index (χ1) is 10.9. The molecule has 0 aromatic heterocycles. The first-order valence-electron chi connectivity index (χ1n) is 7.46. The van der Waals surface area contributed by atoms with Crippen molar-refractivity contribution in [2.45, 2.75) is 18.9 Å². The molecule has 1 aliphatic heterocycles. The molecule has 23 heavy (non-hydrogen) atoms. The van der Waals surface area contributed by atoms with Gasteiger partial charge in [-0.05, 0) is 17.7 Å². The third kappa shape index (κ3) is 4.92. The van der Waals surface area contributed by atoms with Crippen LogP contribution in [-0.2, 0) is 20.7 Å². The van der Waals surface area contributed by atoms with Gasteiger partial charge in [0.05, 0.1) is 26.3 Å². The van der Waals surface area contributed by atoms with Gasteiger partial charge in [0.1, 0.15) is 5.60 Å². The van der Waals surface area contributed by atoms with Crippen LogP contribution in [0.3, 0.4) is 0 Å². The van der Waals surface area contributed by atoms with E-state index in [1.165, 1.54) is 6.92 Å². The standard InChI is InChI=1S/C16H21ClN2O4/c1-12(21)18-9-15(22)19-6-7-23-16(10-19,11-20)8-13-2-4-14(17)5-3-13/h2-5,20H,6-11H2,1H3,(H,18,21)/t16-/m1/s1. The first-order valence-corrected chi connectivity index (χ1v) is 7.83. The summed E-state index contributed by atoms with van der Waals surface area (Å²) in [7, 11) is 0. The average molecular weight is 341 g/mol. The number of aliphatic hydroxyl groups excluding tert-OH is 1. The number of ether oxygens (including phenoxy) is 1. The Morgan fingerprint density at radius 1 is 1.39 bits per heavy atom. The number of carbonyl (C=O) groups excluding carboxylic acids is 2. The molecule has 0 bridgehead atoms. The quantitative estimate of drug-likeness (QED) is 0.823. The summed E-state index contributed by atoms with van der Waals surface area (Å²) in [5.74, 6) is -0.432. The van der Waals surface area contributed by atoms with Crippen molar-refractivity contribution in [2.75, 3.05) is 32.8 Å². The molecule has 1 saturated heterocycles. The molecule has 0 aliphatic carbocycles. The Bertz CT molecular complexity index is 564. The van der Waals surface area contributed by atoms with Gasteiger partial charge in [-0.15, -0.1) is 0 Å². The molecule has 2 amide bonds. The third-order valence-electron chi connectivity index (χ3n) is 3.82. The van der Waals surface area contributed by atoms with Crippen LogP contribution in [0.15, 0.2) is 24.3 Å². The maximum atomic E-state index is 12.2. The summed E-state index contributed by atoms with van der Waals surface area (Å²) < 4.78 is 5.79. The number of rotatable bonds is 5. The predicted octanol–water partition coefficient (Wildman–Crippen LogP) is 0.609. The van der Waals surface area contributed by atoms with Crippen LogP contribution in [0.2, 0.25) is 5.02 Å². The zero-order valence-electron chi connectivity index (χ0n) is 13.0. The minimum absolute atomic E-state index is 0.0439. The van der Waals surface area contributed by atoms with Gasteiger partial charge in [0.25, 0.3) is 0 Å². The maximum absolute atomic E-state index is 12.2. The van der Waals surface area contributed by atoms with E-state index in [0.29, 0.717) is 24.6 Å². The third-order valence-corrected chi connectivity index (χ3v) is 4.07. The number of nitrogens with zero attached hydrogens (tertiary/aromatic N) is 1. The van der Waals surface area contributed by atoms with Crippen LogP contribution in [0, 0.1) is 0 Å². The summed E-state index contributed by atoms with van der Waals surface area (Å²) in [5.41, 5.74) is 0.137. The summed E-state index contributed by atoms with van der Waals surface area (Å²) >= 11 is 5.88. The van der Waals surface area contributed by atoms with Crippen LogP contribution >= 0.6 is 11.6 Å². The average Bonchev–Trinajstić information content (AvgIpc) is 2.55. The lowest BCUT2D eigenvalue weighted by atomic mass is 9.93. The van der Waals surface area contributed by atoms with Crippen molar-refractivity contribution in [1.29, 1.82) is 0 Å². The molecule has 2 rings (SSSR count). The van der Waals surface area contributed by atoms with E-state index >= 15 is 0 Å². The van der Waals surface area contributed by atoms with E-state index in [9.17, 15) is 14.7 Å². The number of benzene rings is 1. The lowest BCUT2D eigenvalue weighted by molar-refractivity contribution is -0.157. The van der Waals surface area contributed by atoms with E-state index in [-0.39, 0.29) is 31.5 Å². The lowest BCUT2D eigenvalue weighted by Gasteiger charge is -2.42. The Balaban J connectivity index is 2.04. The zero-order chi connectivity index (χ0) is 16.9. The van der Waals surface area contributed by atoms with Gasteiger partial charge >= 0.3 is 0 Å². The van der Waals surface area contributed by atoms with Gasteiger partial charge in [-0.1, -0.05) is 23.7 Å². The van der Waals surface area contributed by atoms with Crippen molar-refractivity contribution in [1.82, 2.24) is 10.2 Å². The highest BCUT2D eigenvalue weighted by atomic mass is 35.5. The molecular weight excluding hydrogens is 320 g/mol. The normalized spacial score (nSPS) is 21.1. The van der Waals surface area contributed by atoms with Crippen LogP contribution < -0.4 is 5.32 Å². The van der Waals surface area contributed by atoms with Crippen LogP contribution in [-0.4, -0.2) is 60.3 Å². The molecule has 1 aromatic rings. The Hall–Kier alpha value is -1.63. The minimum atomic E-state index is -0.835. The Kier molecular flexibility index (Phi) is 5.98. The SMILES string of the molecule is CC(=O)NCC(=O)N1CCO[C@](CO)(Cc2ccc(Cl)cc2)C1. The highest BCUT2D eigenvalue weighted by molar-refractivity contribution is 6.30. The van der Waals surface area contributed by atoms with Gasteiger partial charge < -0.3 is 20.1 Å². The van der Waals surface area contributed by atoms with Crippen LogP contribution in [0.4, 0.5) is 0 Å². The Morgan fingerprint density at radius 2 is 2.09 bits per heavy atom. The molecule has 1 fully saturated rings. The van der Waals surface area contributed by atoms with E-state index < -0.39 is 5.60 Å². The molecule has 1 heterocycles. The first kappa shape index (κ1) is 17.7. The largest absolute Gasteiger partial charge is 0.393 e. The molecule has 6 nitrogen and oxygen atoms in total. The number of amides is 2. The second-order valence-corrected chi connectivity index (χ2v) is 6.15. The fourth-order valence-corrected chi connectivity index (χ4v) is 2.73. The predicted molar refractivity (Wildman–Crippen MR) is 86.2 cm³/mol. The molecule has 0 radical (unpaired) electrons. The number of hydrogen-bond donors (Lipinski definition) is 2. The highest BCUT2D eigenvalue weighted by Crippen LogP contribution is 2.24. The van der Waals surface area contributed by atoms with Crippen molar-refractivity contribution in [3.05, 3.63) is 34.9 Å². The summed E-state index contributed by atoms with van der Waals surface area (Å²) in [5, 5.41) is 13.0. The summed E-state index contributed by atoms with van der Waals surface area (Å²) in [6.45, 7) is 2.20. The minimum Gasteiger partial charge on any atom is -0.393 e. The van der Waals surface area contributed by atoms with Gasteiger partial charge in [-0.2, -0.15) is 0 Å². The van der Waals surface area contributed by atoms with Crippen LogP contribution in [0.1, 0.15) is 12.5 Å². The molecule has 1 atom stereocenters. The smallest absolute Gasteiger partial charge is 0.242 e. The number of aliphatic hydroxyl groups is 1. The molecule has 0 unspecified atom stereocenters. The van der Waals surface area contributed by atoms with E-state index in [2.05, 4.69) is 5.32 Å². The fraction of sp³-hybridized carbons (Fsp3) is 0.500. The maximum Gasteiger partial charge on any atom is 0.242 e. The van der Waals surface area contributed by atoms with Crippen molar-refractivity contribution < 1.29 is 19.4 Å². The number of carbonyl (C=O) groups is 2. The molecule has 1 aromatic carbocycles. The van der Waals surface area contributed by atoms with Crippen molar-refractivity contribution in [3.63, 3.8) is 0 Å². The molecule has 2 N–H and O–H groups in total. The monoisotopic (exact) mass is 340 g/mol. The number of hydrogen-bond acceptors (Lipinski definition) is 4. The van der Waals surface area contributed by atoms with E-state index in [1.807, 2.05) is 12.1 Å². The molecule has 1 aliphatic rings. The molecule has 0 saturated carbocycles. The van der Waals surface area contributed by atoms with E-state index in [4.69, 9.17) is 16.3 Å². The van der Waals surface area contributed by atoms with Gasteiger partial charge in [-0.25, -0.2) is 0 Å². The zero-order valence-corrected chi connectivity index (χ0v) is 13.8. The highest BCUT2D eigenvalue weighted by Gasteiger charge is 2.38. The van der Waals surface area contributed by atoms with Gasteiger partial charge in [0.2, 0.25) is 11.8 Å². The summed E-state index contributed by atoms with van der Waals surface area (Å²) in [6, 6.07) is 7.32. The van der Waals surface area contributed by atoms with E-state index in [0.717, 1.165) is 5.56 Å². The molecular formula is C16H21ClN2O4. The fourth-order valence-electron chi connectivity index (χ4n) is 2.60. The molecule has 126 valence electrons. The number of morpholine rings is 1. The van der Waals surface area contributed by atoms with Crippen LogP contribution in [0.25, 0.3) is 0 Å². The topological polar surface area (TPSA) is 78.9 Å². The van der Waals surface area contributed by atoms with Crippen molar-refractivity contribution >= 4 is 23.4 Å². The Morgan fingerprint density at radius 3 is 2.70 bits per heavy atom. The Labute approximate surface area is 140 Å². The molecule has 7 heteroatoms. The van der Waals surface area contributed by atoms with E-state index in [1.54, 1.807) is 17.0 Å². The second-order valence-electron chi connectivity index (χ2n) is 5.72. The van der Waals surface area contributed by atoms with Crippen molar-refractivity contribution in [2.24, 2.45) is 0 Å². The van der Waals surface area contributed by atoms with Crippen LogP contribution in [0.5, 0.6) is 0 Å². The van der Waals surface area contributed by atoms with Gasteiger partial charge in [0.15, 0.2) is 0 Å². The number of halogens is 1. The van der Waals surface area contributed by atoms with Crippen molar-refractivity contribution in [3.8, 4) is 0 Å².